The SMILES string of the molecule is CCN(C(=O)[C@H](C)OC(=O)c1cc(Cl)c(OC)c(Cl)c1)c1ccccc1. The van der Waals surface area contributed by atoms with Crippen molar-refractivity contribution in [2.45, 2.75) is 20.0 Å². The summed E-state index contributed by atoms with van der Waals surface area (Å²) < 4.78 is 10.3. The zero-order chi connectivity index (χ0) is 19.3. The van der Waals surface area contributed by atoms with E-state index in [2.05, 4.69) is 0 Å². The van der Waals surface area contributed by atoms with Gasteiger partial charge in [-0.25, -0.2) is 4.79 Å². The number of ether oxygens (including phenoxy) is 2. The second kappa shape index (κ2) is 8.92. The fraction of sp³-hybridized carbons (Fsp3) is 0.263. The zero-order valence-electron chi connectivity index (χ0n) is 14.7. The number of carbonyl (C=O) groups is 2. The summed E-state index contributed by atoms with van der Waals surface area (Å²) in [5, 5.41) is 0.371. The van der Waals surface area contributed by atoms with E-state index in [9.17, 15) is 9.59 Å². The molecule has 0 unspecified atom stereocenters. The van der Waals surface area contributed by atoms with E-state index in [-0.39, 0.29) is 27.3 Å². The highest BCUT2D eigenvalue weighted by atomic mass is 35.5. The molecule has 0 aromatic heterocycles. The lowest BCUT2D eigenvalue weighted by Crippen LogP contribution is -2.40. The number of methoxy groups -OCH3 is 1. The van der Waals surface area contributed by atoms with E-state index < -0.39 is 12.1 Å². The van der Waals surface area contributed by atoms with Gasteiger partial charge in [0.05, 0.1) is 22.7 Å². The van der Waals surface area contributed by atoms with E-state index in [4.69, 9.17) is 32.7 Å². The smallest absolute Gasteiger partial charge is 0.339 e. The lowest BCUT2D eigenvalue weighted by Gasteiger charge is -2.24. The van der Waals surface area contributed by atoms with Gasteiger partial charge in [-0.3, -0.25) is 4.79 Å². The van der Waals surface area contributed by atoms with Crippen LogP contribution < -0.4 is 9.64 Å². The monoisotopic (exact) mass is 395 g/mol. The topological polar surface area (TPSA) is 55.8 Å². The largest absolute Gasteiger partial charge is 0.494 e. The summed E-state index contributed by atoms with van der Waals surface area (Å²) in [5.74, 6) is -0.741. The van der Waals surface area contributed by atoms with Crippen LogP contribution in [-0.2, 0) is 9.53 Å². The molecule has 0 N–H and O–H groups in total. The van der Waals surface area contributed by atoms with E-state index in [0.717, 1.165) is 5.69 Å². The van der Waals surface area contributed by atoms with Crippen LogP contribution in [0.4, 0.5) is 5.69 Å². The molecule has 2 rings (SSSR count). The molecule has 0 aliphatic rings. The van der Waals surface area contributed by atoms with Crippen molar-refractivity contribution >= 4 is 40.8 Å². The molecule has 0 saturated heterocycles. The molecule has 1 amide bonds. The van der Waals surface area contributed by atoms with Crippen LogP contribution in [0.5, 0.6) is 5.75 Å². The Morgan fingerprint density at radius 3 is 2.19 bits per heavy atom. The van der Waals surface area contributed by atoms with Gasteiger partial charge < -0.3 is 14.4 Å². The first-order valence-corrected chi connectivity index (χ1v) is 8.75. The van der Waals surface area contributed by atoms with E-state index >= 15 is 0 Å². The van der Waals surface area contributed by atoms with Crippen LogP contribution in [0.2, 0.25) is 10.0 Å². The molecule has 0 heterocycles. The molecule has 5 nitrogen and oxygen atoms in total. The van der Waals surface area contributed by atoms with Gasteiger partial charge in [-0.05, 0) is 38.1 Å². The molecule has 0 bridgehead atoms. The number of amides is 1. The molecule has 0 fully saturated rings. The highest BCUT2D eigenvalue weighted by Crippen LogP contribution is 2.34. The molecule has 26 heavy (non-hydrogen) atoms. The summed E-state index contributed by atoms with van der Waals surface area (Å²) in [5.41, 5.74) is 0.877. The highest BCUT2D eigenvalue weighted by molar-refractivity contribution is 6.37. The molecule has 0 aliphatic heterocycles. The number of anilines is 1. The van der Waals surface area contributed by atoms with Crippen molar-refractivity contribution in [2.75, 3.05) is 18.6 Å². The minimum Gasteiger partial charge on any atom is -0.494 e. The zero-order valence-corrected chi connectivity index (χ0v) is 16.2. The standard InChI is InChI=1S/C19H19Cl2NO4/c1-4-22(14-8-6-5-7-9-14)18(23)12(2)26-19(24)13-10-15(20)17(25-3)16(21)11-13/h5-12H,4H2,1-3H3/t12-/m0/s1. The van der Waals surface area contributed by atoms with Gasteiger partial charge in [0, 0.05) is 12.2 Å². The number of esters is 1. The van der Waals surface area contributed by atoms with Crippen molar-refractivity contribution in [3.8, 4) is 5.75 Å². The number of rotatable bonds is 6. The summed E-state index contributed by atoms with van der Waals surface area (Å²) in [6.07, 6.45) is -0.970. The maximum absolute atomic E-state index is 12.7. The number of benzene rings is 2. The minimum absolute atomic E-state index is 0.142. The summed E-state index contributed by atoms with van der Waals surface area (Å²) >= 11 is 12.1. The molecule has 2 aromatic rings. The first kappa shape index (κ1) is 20.1. The second-order valence-corrected chi connectivity index (χ2v) is 6.25. The van der Waals surface area contributed by atoms with Gasteiger partial charge in [0.25, 0.3) is 5.91 Å². The Labute approximate surface area is 162 Å². The van der Waals surface area contributed by atoms with Crippen LogP contribution in [-0.4, -0.2) is 31.6 Å². The third-order valence-electron chi connectivity index (χ3n) is 3.72. The van der Waals surface area contributed by atoms with Crippen LogP contribution in [0.3, 0.4) is 0 Å². The van der Waals surface area contributed by atoms with Crippen LogP contribution in [0.15, 0.2) is 42.5 Å². The van der Waals surface area contributed by atoms with E-state index in [0.29, 0.717) is 6.54 Å². The number of carbonyl (C=O) groups excluding carboxylic acids is 2. The Morgan fingerprint density at radius 2 is 1.69 bits per heavy atom. The third kappa shape index (κ3) is 4.48. The van der Waals surface area contributed by atoms with Crippen LogP contribution in [0.25, 0.3) is 0 Å². The van der Waals surface area contributed by atoms with Gasteiger partial charge in [-0.15, -0.1) is 0 Å². The molecular formula is C19H19Cl2NO4. The second-order valence-electron chi connectivity index (χ2n) is 5.44. The van der Waals surface area contributed by atoms with Gasteiger partial charge in [-0.2, -0.15) is 0 Å². The quantitative estimate of drug-likeness (QED) is 0.670. The Hall–Kier alpha value is -2.24. The summed E-state index contributed by atoms with van der Waals surface area (Å²) in [7, 11) is 1.43. The van der Waals surface area contributed by atoms with Crippen molar-refractivity contribution in [1.82, 2.24) is 0 Å². The van der Waals surface area contributed by atoms with Crippen molar-refractivity contribution in [3.63, 3.8) is 0 Å². The third-order valence-corrected chi connectivity index (χ3v) is 4.28. The van der Waals surface area contributed by atoms with E-state index in [1.807, 2.05) is 37.3 Å². The predicted octanol–water partition coefficient (Wildman–Crippen LogP) is 4.60. The van der Waals surface area contributed by atoms with Gasteiger partial charge in [-0.1, -0.05) is 41.4 Å². The number of hydrogen-bond acceptors (Lipinski definition) is 4. The van der Waals surface area contributed by atoms with Crippen molar-refractivity contribution in [3.05, 3.63) is 58.1 Å². The summed E-state index contributed by atoms with van der Waals surface area (Å²) in [6, 6.07) is 12.0. The van der Waals surface area contributed by atoms with E-state index in [1.54, 1.807) is 4.90 Å². The Bertz CT molecular complexity index is 772. The van der Waals surface area contributed by atoms with Gasteiger partial charge in [0.15, 0.2) is 11.9 Å². The fourth-order valence-corrected chi connectivity index (χ4v) is 3.09. The molecular weight excluding hydrogens is 377 g/mol. The number of nitrogens with zero attached hydrogens (tertiary/aromatic N) is 1. The van der Waals surface area contributed by atoms with Gasteiger partial charge in [0.1, 0.15) is 0 Å². The van der Waals surface area contributed by atoms with Crippen LogP contribution in [0, 0.1) is 0 Å². The molecule has 0 radical (unpaired) electrons. The first-order valence-electron chi connectivity index (χ1n) is 7.99. The molecule has 0 saturated carbocycles. The average Bonchev–Trinajstić information content (AvgIpc) is 2.62. The van der Waals surface area contributed by atoms with Gasteiger partial charge >= 0.3 is 5.97 Å². The summed E-state index contributed by atoms with van der Waals surface area (Å²) in [6.45, 7) is 3.83. The highest BCUT2D eigenvalue weighted by Gasteiger charge is 2.25. The van der Waals surface area contributed by atoms with Gasteiger partial charge in [0.2, 0.25) is 0 Å². The van der Waals surface area contributed by atoms with Crippen molar-refractivity contribution in [1.29, 1.82) is 0 Å². The molecule has 7 heteroatoms. The number of hydrogen-bond donors (Lipinski definition) is 0. The fourth-order valence-electron chi connectivity index (χ4n) is 2.44. The minimum atomic E-state index is -0.970. The number of para-hydroxylation sites is 1. The average molecular weight is 396 g/mol. The van der Waals surface area contributed by atoms with Crippen molar-refractivity contribution < 1.29 is 19.1 Å². The predicted molar refractivity (Wildman–Crippen MR) is 102 cm³/mol. The number of halogens is 2. The molecule has 1 atom stereocenters. The normalized spacial score (nSPS) is 11.6. The molecule has 0 spiro atoms. The number of likely N-dealkylation sites (N-methyl/N-ethyl adjacent to an activating group) is 1. The van der Waals surface area contributed by atoms with E-state index in [1.165, 1.54) is 26.2 Å². The molecule has 0 aliphatic carbocycles. The Balaban J connectivity index is 2.14. The van der Waals surface area contributed by atoms with Crippen LogP contribution in [0.1, 0.15) is 24.2 Å². The Kier molecular flexibility index (Phi) is 6.89. The summed E-state index contributed by atoms with van der Waals surface area (Å²) in [4.78, 5) is 26.6. The molecule has 2 aromatic carbocycles. The first-order chi connectivity index (χ1) is 12.4. The van der Waals surface area contributed by atoms with Crippen LogP contribution >= 0.6 is 23.2 Å². The molecule has 138 valence electrons. The Morgan fingerprint density at radius 1 is 1.12 bits per heavy atom. The maximum Gasteiger partial charge on any atom is 0.339 e. The lowest BCUT2D eigenvalue weighted by molar-refractivity contribution is -0.126. The van der Waals surface area contributed by atoms with Crippen molar-refractivity contribution in [2.24, 2.45) is 0 Å². The lowest BCUT2D eigenvalue weighted by atomic mass is 10.2. The maximum atomic E-state index is 12.7.